The van der Waals surface area contributed by atoms with Crippen LogP contribution < -0.4 is 5.32 Å². The first-order valence-corrected chi connectivity index (χ1v) is 11.6. The Kier molecular flexibility index (Phi) is 7.03. The number of aryl methyl sites for hydroxylation is 2. The number of nitrogens with zero attached hydrogens (tertiary/aromatic N) is 3. The molecule has 2 aromatic rings. The van der Waals surface area contributed by atoms with Gasteiger partial charge in [-0.3, -0.25) is 15.0 Å². The molecule has 1 amide bonds. The van der Waals surface area contributed by atoms with Crippen LogP contribution in [0.2, 0.25) is 0 Å². The lowest BCUT2D eigenvalue weighted by molar-refractivity contribution is 0.0943. The van der Waals surface area contributed by atoms with Crippen LogP contribution in [0.1, 0.15) is 53.6 Å². The van der Waals surface area contributed by atoms with Gasteiger partial charge >= 0.3 is 0 Å². The lowest BCUT2D eigenvalue weighted by Gasteiger charge is -2.41. The number of carbonyl (C=O) groups is 1. The zero-order valence-electron chi connectivity index (χ0n) is 18.8. The van der Waals surface area contributed by atoms with Gasteiger partial charge in [-0.05, 0) is 56.5 Å². The predicted octanol–water partition coefficient (Wildman–Crippen LogP) is 4.67. The number of rotatable bonds is 3. The highest BCUT2D eigenvalue weighted by molar-refractivity contribution is 6.06. The van der Waals surface area contributed by atoms with Crippen LogP contribution >= 0.6 is 0 Å². The molecule has 1 heterocycles. The van der Waals surface area contributed by atoms with Gasteiger partial charge in [-0.2, -0.15) is 0 Å². The number of piperazine rings is 1. The van der Waals surface area contributed by atoms with Crippen molar-refractivity contribution in [3.63, 3.8) is 0 Å². The van der Waals surface area contributed by atoms with Crippen molar-refractivity contribution in [1.82, 2.24) is 15.1 Å². The number of nitrogens with one attached hydrogen (secondary N) is 1. The summed E-state index contributed by atoms with van der Waals surface area (Å²) >= 11 is 0. The Bertz CT molecular complexity index is 925. The Balaban J connectivity index is 1.50. The first kappa shape index (κ1) is 21.6. The normalized spacial score (nSPS) is 18.8. The van der Waals surface area contributed by atoms with Crippen molar-refractivity contribution in [3.8, 4) is 0 Å². The van der Waals surface area contributed by atoms with E-state index in [-0.39, 0.29) is 5.91 Å². The maximum atomic E-state index is 13.0. The standard InChI is InChI=1S/C26H34N4O/c1-20-8-6-10-22(18-20)25(31)28-26(27-23-11-7-9-21(2)19-23)30-16-14-29(15-17-30)24-12-4-3-5-13-24/h6-11,18-19,24H,3-5,12-17H2,1-2H3,(H,27,28,31). The molecular formula is C26H34N4O. The molecule has 0 unspecified atom stereocenters. The topological polar surface area (TPSA) is 47.9 Å². The molecule has 2 fully saturated rings. The molecule has 31 heavy (non-hydrogen) atoms. The van der Waals surface area contributed by atoms with E-state index in [9.17, 15) is 4.79 Å². The zero-order chi connectivity index (χ0) is 21.6. The maximum Gasteiger partial charge on any atom is 0.257 e. The highest BCUT2D eigenvalue weighted by Gasteiger charge is 2.27. The molecule has 0 bridgehead atoms. The monoisotopic (exact) mass is 418 g/mol. The average molecular weight is 419 g/mol. The minimum atomic E-state index is -0.107. The summed E-state index contributed by atoms with van der Waals surface area (Å²) in [7, 11) is 0. The number of hydrogen-bond donors (Lipinski definition) is 1. The molecule has 1 aliphatic carbocycles. The molecular weight excluding hydrogens is 384 g/mol. The van der Waals surface area contributed by atoms with Gasteiger partial charge in [0.15, 0.2) is 0 Å². The molecule has 0 spiro atoms. The van der Waals surface area contributed by atoms with Crippen molar-refractivity contribution >= 4 is 17.6 Å². The summed E-state index contributed by atoms with van der Waals surface area (Å²) in [4.78, 5) is 22.7. The van der Waals surface area contributed by atoms with Gasteiger partial charge in [0.25, 0.3) is 5.91 Å². The average Bonchev–Trinajstić information content (AvgIpc) is 2.79. The fraction of sp³-hybridized carbons (Fsp3) is 0.462. The highest BCUT2D eigenvalue weighted by Crippen LogP contribution is 2.24. The summed E-state index contributed by atoms with van der Waals surface area (Å²) in [5, 5.41) is 3.11. The van der Waals surface area contributed by atoms with Crippen molar-refractivity contribution in [1.29, 1.82) is 0 Å². The Morgan fingerprint density at radius 3 is 2.26 bits per heavy atom. The minimum absolute atomic E-state index is 0.107. The number of aliphatic imine (C=N–C) groups is 1. The first-order valence-electron chi connectivity index (χ1n) is 11.6. The van der Waals surface area contributed by atoms with Crippen LogP contribution in [0.25, 0.3) is 0 Å². The molecule has 2 aromatic carbocycles. The van der Waals surface area contributed by atoms with Crippen molar-refractivity contribution in [3.05, 3.63) is 65.2 Å². The van der Waals surface area contributed by atoms with Gasteiger partial charge in [-0.25, -0.2) is 4.99 Å². The lowest BCUT2D eigenvalue weighted by atomic mass is 9.94. The van der Waals surface area contributed by atoms with Gasteiger partial charge in [0.05, 0.1) is 5.69 Å². The van der Waals surface area contributed by atoms with Crippen molar-refractivity contribution in [2.75, 3.05) is 26.2 Å². The second-order valence-corrected chi connectivity index (χ2v) is 8.91. The fourth-order valence-electron chi connectivity index (χ4n) is 4.70. The summed E-state index contributed by atoms with van der Waals surface area (Å²) in [5.74, 6) is 0.546. The van der Waals surface area contributed by atoms with Crippen LogP contribution in [0, 0.1) is 13.8 Å². The molecule has 5 heteroatoms. The van der Waals surface area contributed by atoms with Crippen LogP contribution in [0.3, 0.4) is 0 Å². The van der Waals surface area contributed by atoms with Crippen LogP contribution in [0.15, 0.2) is 53.5 Å². The fourth-order valence-corrected chi connectivity index (χ4v) is 4.70. The summed E-state index contributed by atoms with van der Waals surface area (Å²) in [6, 6.07) is 16.5. The third kappa shape index (κ3) is 5.73. The number of hydrogen-bond acceptors (Lipinski definition) is 3. The van der Waals surface area contributed by atoms with E-state index in [1.54, 1.807) is 0 Å². The van der Waals surface area contributed by atoms with Crippen LogP contribution in [0.5, 0.6) is 0 Å². The largest absolute Gasteiger partial charge is 0.340 e. The van der Waals surface area contributed by atoms with Crippen molar-refractivity contribution in [2.24, 2.45) is 4.99 Å². The molecule has 5 nitrogen and oxygen atoms in total. The molecule has 0 atom stereocenters. The van der Waals surface area contributed by atoms with Crippen LogP contribution in [-0.4, -0.2) is 53.9 Å². The Morgan fingerprint density at radius 1 is 0.903 bits per heavy atom. The van der Waals surface area contributed by atoms with E-state index in [0.717, 1.165) is 49.0 Å². The van der Waals surface area contributed by atoms with Crippen LogP contribution in [0.4, 0.5) is 5.69 Å². The van der Waals surface area contributed by atoms with E-state index >= 15 is 0 Å². The summed E-state index contributed by atoms with van der Waals surface area (Å²) < 4.78 is 0. The molecule has 0 aromatic heterocycles. The molecule has 1 N–H and O–H groups in total. The Labute approximate surface area is 186 Å². The van der Waals surface area contributed by atoms with E-state index in [1.807, 2.05) is 43.3 Å². The molecule has 1 aliphatic heterocycles. The SMILES string of the molecule is Cc1cccc(N=C(NC(=O)c2cccc(C)c2)N2CCN(C3CCCCC3)CC2)c1. The third-order valence-corrected chi connectivity index (χ3v) is 6.45. The zero-order valence-corrected chi connectivity index (χ0v) is 18.8. The van der Waals surface area contributed by atoms with Crippen LogP contribution in [-0.2, 0) is 0 Å². The van der Waals surface area contributed by atoms with Gasteiger partial charge in [-0.1, -0.05) is 49.1 Å². The minimum Gasteiger partial charge on any atom is -0.340 e. The second kappa shape index (κ2) is 10.1. The summed E-state index contributed by atoms with van der Waals surface area (Å²) in [6.07, 6.45) is 6.76. The quantitative estimate of drug-likeness (QED) is 0.582. The molecule has 4 rings (SSSR count). The second-order valence-electron chi connectivity index (χ2n) is 8.91. The third-order valence-electron chi connectivity index (χ3n) is 6.45. The lowest BCUT2D eigenvalue weighted by Crippen LogP contribution is -2.55. The number of guanidine groups is 1. The molecule has 164 valence electrons. The summed E-state index contributed by atoms with van der Waals surface area (Å²) in [5.41, 5.74) is 3.77. The van der Waals surface area contributed by atoms with Gasteiger partial charge in [-0.15, -0.1) is 0 Å². The molecule has 2 aliphatic rings. The summed E-state index contributed by atoms with van der Waals surface area (Å²) in [6.45, 7) is 7.89. The van der Waals surface area contributed by atoms with Gasteiger partial charge in [0, 0.05) is 37.8 Å². The van der Waals surface area contributed by atoms with Gasteiger partial charge in [0.1, 0.15) is 0 Å². The van der Waals surface area contributed by atoms with E-state index in [2.05, 4.69) is 34.2 Å². The maximum absolute atomic E-state index is 13.0. The van der Waals surface area contributed by atoms with Gasteiger partial charge in [0.2, 0.25) is 5.96 Å². The van der Waals surface area contributed by atoms with E-state index in [0.29, 0.717) is 11.5 Å². The van der Waals surface area contributed by atoms with Crippen molar-refractivity contribution < 1.29 is 4.79 Å². The number of carbonyl (C=O) groups excluding carboxylic acids is 1. The van der Waals surface area contributed by atoms with Crippen molar-refractivity contribution in [2.45, 2.75) is 52.0 Å². The van der Waals surface area contributed by atoms with E-state index in [4.69, 9.17) is 4.99 Å². The smallest absolute Gasteiger partial charge is 0.257 e. The highest BCUT2D eigenvalue weighted by atomic mass is 16.1. The molecule has 1 saturated carbocycles. The van der Waals surface area contributed by atoms with E-state index in [1.165, 1.54) is 32.1 Å². The molecule has 0 radical (unpaired) electrons. The number of benzene rings is 2. The molecule has 1 saturated heterocycles. The predicted molar refractivity (Wildman–Crippen MR) is 127 cm³/mol. The van der Waals surface area contributed by atoms with Gasteiger partial charge < -0.3 is 4.90 Å². The Hall–Kier alpha value is -2.66. The Morgan fingerprint density at radius 2 is 1.58 bits per heavy atom. The number of amides is 1. The van der Waals surface area contributed by atoms with E-state index < -0.39 is 0 Å². The first-order chi connectivity index (χ1) is 15.1.